The van der Waals surface area contributed by atoms with Gasteiger partial charge in [-0.3, -0.25) is 4.79 Å². The summed E-state index contributed by atoms with van der Waals surface area (Å²) in [4.78, 5) is 25.7. The molecule has 27 heavy (non-hydrogen) atoms. The van der Waals surface area contributed by atoms with E-state index in [1.165, 1.54) is 53.4 Å². The van der Waals surface area contributed by atoms with E-state index in [2.05, 4.69) is 15.4 Å². The van der Waals surface area contributed by atoms with Crippen LogP contribution >= 0.6 is 0 Å². The summed E-state index contributed by atoms with van der Waals surface area (Å²) < 4.78 is 41.5. The highest BCUT2D eigenvalue weighted by Crippen LogP contribution is 2.22. The standard InChI is InChI=1S/C18H16F3N3O3/c19-11-1-5-14(6-2-11)24-10-13(9-16(24)25)23-18(26)22-12-3-7-15(8-4-12)27-17(20)21/h1-8,13,17H,9-10H2,(H2,22,23,26)/t13-/m0/s1. The molecule has 1 atom stereocenters. The minimum Gasteiger partial charge on any atom is -0.435 e. The first-order valence-electron chi connectivity index (χ1n) is 8.09. The number of nitrogens with zero attached hydrogens (tertiary/aromatic N) is 1. The lowest BCUT2D eigenvalue weighted by Gasteiger charge is -2.17. The summed E-state index contributed by atoms with van der Waals surface area (Å²) >= 11 is 0. The molecule has 1 aliphatic heterocycles. The van der Waals surface area contributed by atoms with E-state index in [1.807, 2.05) is 0 Å². The van der Waals surface area contributed by atoms with Crippen LogP contribution in [0.25, 0.3) is 0 Å². The van der Waals surface area contributed by atoms with E-state index < -0.39 is 24.5 Å². The number of carbonyl (C=O) groups excluding carboxylic acids is 2. The highest BCUT2D eigenvalue weighted by molar-refractivity contribution is 5.97. The Balaban J connectivity index is 1.54. The van der Waals surface area contributed by atoms with Crippen LogP contribution in [0.5, 0.6) is 5.75 Å². The minimum atomic E-state index is -2.92. The summed E-state index contributed by atoms with van der Waals surface area (Å²) in [5, 5.41) is 5.23. The Morgan fingerprint density at radius 1 is 1.11 bits per heavy atom. The van der Waals surface area contributed by atoms with Crippen LogP contribution in [0, 0.1) is 5.82 Å². The van der Waals surface area contributed by atoms with Gasteiger partial charge in [-0.05, 0) is 48.5 Å². The largest absolute Gasteiger partial charge is 0.435 e. The highest BCUT2D eigenvalue weighted by atomic mass is 19.3. The maximum Gasteiger partial charge on any atom is 0.387 e. The van der Waals surface area contributed by atoms with E-state index in [0.717, 1.165) is 0 Å². The highest BCUT2D eigenvalue weighted by Gasteiger charge is 2.31. The van der Waals surface area contributed by atoms with Gasteiger partial charge in [0, 0.05) is 24.3 Å². The zero-order chi connectivity index (χ0) is 19.4. The van der Waals surface area contributed by atoms with Crippen LogP contribution < -0.4 is 20.3 Å². The lowest BCUT2D eigenvalue weighted by atomic mass is 10.2. The molecule has 0 aliphatic carbocycles. The first kappa shape index (κ1) is 18.6. The number of rotatable bonds is 5. The Hall–Kier alpha value is -3.23. The minimum absolute atomic E-state index is 0.0210. The van der Waals surface area contributed by atoms with Crippen LogP contribution in [-0.2, 0) is 4.79 Å². The number of anilines is 2. The van der Waals surface area contributed by atoms with Gasteiger partial charge in [-0.15, -0.1) is 0 Å². The molecule has 9 heteroatoms. The van der Waals surface area contributed by atoms with Crippen molar-refractivity contribution in [1.82, 2.24) is 5.32 Å². The van der Waals surface area contributed by atoms with Gasteiger partial charge in [0.25, 0.3) is 0 Å². The number of benzene rings is 2. The first-order valence-corrected chi connectivity index (χ1v) is 8.09. The predicted octanol–water partition coefficient (Wildman–Crippen LogP) is 3.35. The molecule has 2 aromatic rings. The number of halogens is 3. The SMILES string of the molecule is O=C(Nc1ccc(OC(F)F)cc1)N[C@H]1CC(=O)N(c2ccc(F)cc2)C1. The summed E-state index contributed by atoms with van der Waals surface area (Å²) in [7, 11) is 0. The third-order valence-electron chi connectivity index (χ3n) is 3.94. The molecule has 1 fully saturated rings. The van der Waals surface area contributed by atoms with Crippen molar-refractivity contribution in [2.45, 2.75) is 19.1 Å². The second-order valence-corrected chi connectivity index (χ2v) is 5.88. The van der Waals surface area contributed by atoms with Crippen LogP contribution in [0.1, 0.15) is 6.42 Å². The normalized spacial score (nSPS) is 16.5. The molecular formula is C18H16F3N3O3. The fourth-order valence-corrected chi connectivity index (χ4v) is 2.75. The Kier molecular flexibility index (Phi) is 5.49. The Bertz CT molecular complexity index is 813. The Morgan fingerprint density at radius 2 is 1.78 bits per heavy atom. The lowest BCUT2D eigenvalue weighted by Crippen LogP contribution is -2.39. The second-order valence-electron chi connectivity index (χ2n) is 5.88. The van der Waals surface area contributed by atoms with Gasteiger partial charge in [0.05, 0.1) is 6.04 Å². The van der Waals surface area contributed by atoms with Crippen molar-refractivity contribution in [2.24, 2.45) is 0 Å². The zero-order valence-corrected chi connectivity index (χ0v) is 14.0. The maximum atomic E-state index is 13.0. The number of carbonyl (C=O) groups is 2. The average Bonchev–Trinajstić information content (AvgIpc) is 2.97. The molecule has 1 heterocycles. The smallest absolute Gasteiger partial charge is 0.387 e. The average molecular weight is 379 g/mol. The van der Waals surface area contributed by atoms with Gasteiger partial charge < -0.3 is 20.3 Å². The molecular weight excluding hydrogens is 363 g/mol. The molecule has 3 amide bonds. The number of alkyl halides is 2. The van der Waals surface area contributed by atoms with E-state index in [1.54, 1.807) is 0 Å². The number of nitrogens with one attached hydrogen (secondary N) is 2. The molecule has 142 valence electrons. The van der Waals surface area contributed by atoms with E-state index >= 15 is 0 Å². The number of hydrogen-bond acceptors (Lipinski definition) is 3. The molecule has 0 aromatic heterocycles. The van der Waals surface area contributed by atoms with Gasteiger partial charge in [-0.2, -0.15) is 8.78 Å². The van der Waals surface area contributed by atoms with Gasteiger partial charge in [0.1, 0.15) is 11.6 Å². The Labute approximate surface area is 152 Å². The molecule has 2 N–H and O–H groups in total. The Morgan fingerprint density at radius 3 is 2.41 bits per heavy atom. The van der Waals surface area contributed by atoms with E-state index in [0.29, 0.717) is 11.4 Å². The summed E-state index contributed by atoms with van der Waals surface area (Å²) in [6.07, 6.45) is 0.117. The van der Waals surface area contributed by atoms with Gasteiger partial charge >= 0.3 is 12.6 Å². The van der Waals surface area contributed by atoms with Crippen LogP contribution in [0.15, 0.2) is 48.5 Å². The lowest BCUT2D eigenvalue weighted by molar-refractivity contribution is -0.117. The fraction of sp³-hybridized carbons (Fsp3) is 0.222. The summed E-state index contributed by atoms with van der Waals surface area (Å²) in [5.41, 5.74) is 0.939. The van der Waals surface area contributed by atoms with Crippen molar-refractivity contribution >= 4 is 23.3 Å². The number of amides is 3. The zero-order valence-electron chi connectivity index (χ0n) is 14.0. The number of ether oxygens (including phenoxy) is 1. The van der Waals surface area contributed by atoms with Gasteiger partial charge in [-0.25, -0.2) is 9.18 Å². The van der Waals surface area contributed by atoms with E-state index in [-0.39, 0.29) is 24.6 Å². The molecule has 1 saturated heterocycles. The molecule has 0 radical (unpaired) electrons. The van der Waals surface area contributed by atoms with Crippen LogP contribution in [0.2, 0.25) is 0 Å². The van der Waals surface area contributed by atoms with Crippen molar-refractivity contribution in [3.05, 3.63) is 54.3 Å². The molecule has 2 aromatic carbocycles. The van der Waals surface area contributed by atoms with Crippen molar-refractivity contribution in [3.8, 4) is 5.75 Å². The summed E-state index contributed by atoms with van der Waals surface area (Å²) in [6, 6.07) is 10.0. The number of hydrogen-bond donors (Lipinski definition) is 2. The number of urea groups is 1. The molecule has 0 unspecified atom stereocenters. The van der Waals surface area contributed by atoms with E-state index in [9.17, 15) is 22.8 Å². The fourth-order valence-electron chi connectivity index (χ4n) is 2.75. The van der Waals surface area contributed by atoms with Crippen LogP contribution in [-0.4, -0.2) is 31.1 Å². The van der Waals surface area contributed by atoms with Crippen molar-refractivity contribution in [3.63, 3.8) is 0 Å². The molecule has 0 bridgehead atoms. The van der Waals surface area contributed by atoms with Gasteiger partial charge in [0.15, 0.2) is 0 Å². The van der Waals surface area contributed by atoms with Gasteiger partial charge in [0.2, 0.25) is 5.91 Å². The molecule has 6 nitrogen and oxygen atoms in total. The quantitative estimate of drug-likeness (QED) is 0.837. The van der Waals surface area contributed by atoms with E-state index in [4.69, 9.17) is 0 Å². The topological polar surface area (TPSA) is 70.7 Å². The predicted molar refractivity (Wildman–Crippen MR) is 92.4 cm³/mol. The summed E-state index contributed by atoms with van der Waals surface area (Å²) in [5.74, 6) is -0.600. The molecule has 0 saturated carbocycles. The van der Waals surface area contributed by atoms with Crippen molar-refractivity contribution in [1.29, 1.82) is 0 Å². The third kappa shape index (κ3) is 4.90. The van der Waals surface area contributed by atoms with Crippen LogP contribution in [0.4, 0.5) is 29.3 Å². The van der Waals surface area contributed by atoms with Crippen molar-refractivity contribution in [2.75, 3.05) is 16.8 Å². The second kappa shape index (κ2) is 7.98. The maximum absolute atomic E-state index is 13.0. The van der Waals surface area contributed by atoms with Crippen LogP contribution in [0.3, 0.4) is 0 Å². The summed E-state index contributed by atoms with van der Waals surface area (Å²) in [6.45, 7) is -2.66. The molecule has 0 spiro atoms. The van der Waals surface area contributed by atoms with Gasteiger partial charge in [-0.1, -0.05) is 0 Å². The molecule has 3 rings (SSSR count). The van der Waals surface area contributed by atoms with Crippen molar-refractivity contribution < 1.29 is 27.5 Å². The first-order chi connectivity index (χ1) is 12.9. The third-order valence-corrected chi connectivity index (χ3v) is 3.94. The monoisotopic (exact) mass is 379 g/mol. The molecule has 1 aliphatic rings.